The van der Waals surface area contributed by atoms with Gasteiger partial charge in [0.15, 0.2) is 0 Å². The van der Waals surface area contributed by atoms with E-state index in [2.05, 4.69) is 97.1 Å². The van der Waals surface area contributed by atoms with Crippen molar-refractivity contribution in [2.45, 2.75) is 0 Å². The van der Waals surface area contributed by atoms with Crippen molar-refractivity contribution in [1.29, 1.82) is 5.26 Å². The highest BCUT2D eigenvalue weighted by Gasteiger charge is 2.15. The highest BCUT2D eigenvalue weighted by molar-refractivity contribution is 6.13. The molecule has 0 aliphatic carbocycles. The number of pyridine rings is 2. The van der Waals surface area contributed by atoms with Gasteiger partial charge in [-0.25, -0.2) is 9.97 Å². The summed E-state index contributed by atoms with van der Waals surface area (Å²) in [5.41, 5.74) is 12.3. The van der Waals surface area contributed by atoms with Crippen molar-refractivity contribution < 1.29 is 4.42 Å². The summed E-state index contributed by atoms with van der Waals surface area (Å²) in [6, 6.07) is 53.8. The van der Waals surface area contributed by atoms with Crippen LogP contribution in [0.25, 0.3) is 88.5 Å². The van der Waals surface area contributed by atoms with Gasteiger partial charge in [-0.2, -0.15) is 5.26 Å². The number of fused-ring (bicyclic) bond motifs is 6. The van der Waals surface area contributed by atoms with Crippen LogP contribution in [0, 0.1) is 11.3 Å². The van der Waals surface area contributed by atoms with Gasteiger partial charge in [0.25, 0.3) is 0 Å². The van der Waals surface area contributed by atoms with Crippen LogP contribution in [-0.2, 0) is 0 Å². The maximum atomic E-state index is 9.33. The predicted molar refractivity (Wildman–Crippen MR) is 191 cm³/mol. The molecule has 0 radical (unpaired) electrons. The van der Waals surface area contributed by atoms with Gasteiger partial charge in [-0.3, -0.25) is 0 Å². The summed E-state index contributed by atoms with van der Waals surface area (Å²) < 4.78 is 6.35. The van der Waals surface area contributed by atoms with Gasteiger partial charge in [0.1, 0.15) is 11.2 Å². The number of hydrogen-bond donors (Lipinski definition) is 0. The molecule has 0 fully saturated rings. The van der Waals surface area contributed by atoms with E-state index in [-0.39, 0.29) is 0 Å². The van der Waals surface area contributed by atoms with E-state index in [1.807, 2.05) is 60.7 Å². The van der Waals surface area contributed by atoms with Crippen LogP contribution in [0.4, 0.5) is 0 Å². The van der Waals surface area contributed by atoms with Gasteiger partial charge in [-0.05, 0) is 70.8 Å². The third-order valence-electron chi connectivity index (χ3n) is 8.90. The topological polar surface area (TPSA) is 62.7 Å². The monoisotopic (exact) mass is 599 g/mol. The average Bonchev–Trinajstić information content (AvgIpc) is 3.53. The molecule has 0 amide bonds. The summed E-state index contributed by atoms with van der Waals surface area (Å²) in [5, 5.41) is 13.6. The smallest absolute Gasteiger partial charge is 0.136 e. The molecule has 0 saturated heterocycles. The lowest BCUT2D eigenvalue weighted by atomic mass is 9.96. The molecular weight excluding hydrogens is 574 g/mol. The summed E-state index contributed by atoms with van der Waals surface area (Å²) in [5.74, 6) is 0. The molecule has 4 heteroatoms. The predicted octanol–water partition coefficient (Wildman–Crippen LogP) is 11.2. The van der Waals surface area contributed by atoms with Gasteiger partial charge in [-0.1, -0.05) is 103 Å². The Labute approximate surface area is 270 Å². The second-order valence-electron chi connectivity index (χ2n) is 11.7. The second kappa shape index (κ2) is 10.8. The van der Waals surface area contributed by atoms with Crippen molar-refractivity contribution in [3.8, 4) is 50.8 Å². The highest BCUT2D eigenvalue weighted by Crippen LogP contribution is 2.39. The summed E-state index contributed by atoms with van der Waals surface area (Å²) >= 11 is 0. The van der Waals surface area contributed by atoms with Gasteiger partial charge >= 0.3 is 0 Å². The summed E-state index contributed by atoms with van der Waals surface area (Å²) in [6.45, 7) is 0. The standard InChI is InChI=1S/C43H25N3O/c44-26-27-6-4-9-33(24-27)28-12-14-29(15-13-28)35-10-5-11-40-41(35)36-25-34(20-23-39(36)47-40)38-22-19-32-17-16-31-18-21-37(30-7-2-1-3-8-30)45-42(31)43(32)46-38/h1-25H. The number of furan rings is 1. The van der Waals surface area contributed by atoms with Crippen LogP contribution in [0.5, 0.6) is 0 Å². The molecule has 6 aromatic carbocycles. The van der Waals surface area contributed by atoms with E-state index in [0.29, 0.717) is 5.56 Å². The van der Waals surface area contributed by atoms with Crippen LogP contribution in [0.1, 0.15) is 5.56 Å². The molecule has 0 atom stereocenters. The largest absolute Gasteiger partial charge is 0.456 e. The van der Waals surface area contributed by atoms with Gasteiger partial charge in [-0.15, -0.1) is 0 Å². The van der Waals surface area contributed by atoms with Crippen LogP contribution in [0.3, 0.4) is 0 Å². The molecule has 0 N–H and O–H groups in total. The molecule has 3 heterocycles. The first-order chi connectivity index (χ1) is 23.2. The maximum absolute atomic E-state index is 9.33. The number of nitriles is 1. The van der Waals surface area contributed by atoms with Crippen molar-refractivity contribution in [2.75, 3.05) is 0 Å². The van der Waals surface area contributed by atoms with E-state index in [1.54, 1.807) is 0 Å². The zero-order valence-corrected chi connectivity index (χ0v) is 25.2. The van der Waals surface area contributed by atoms with Crippen molar-refractivity contribution in [3.05, 3.63) is 157 Å². The third kappa shape index (κ3) is 4.61. The van der Waals surface area contributed by atoms with Gasteiger partial charge < -0.3 is 4.42 Å². The van der Waals surface area contributed by atoms with E-state index >= 15 is 0 Å². The fourth-order valence-corrected chi connectivity index (χ4v) is 6.54. The first-order valence-electron chi connectivity index (χ1n) is 15.5. The Morgan fingerprint density at radius 2 is 1.11 bits per heavy atom. The Morgan fingerprint density at radius 3 is 1.85 bits per heavy atom. The Kier molecular flexibility index (Phi) is 6.16. The third-order valence-corrected chi connectivity index (χ3v) is 8.90. The molecule has 0 unspecified atom stereocenters. The van der Waals surface area contributed by atoms with Gasteiger partial charge in [0.05, 0.1) is 34.1 Å². The molecule has 0 saturated carbocycles. The Balaban J connectivity index is 1.16. The zero-order valence-electron chi connectivity index (χ0n) is 25.2. The van der Waals surface area contributed by atoms with E-state index in [0.717, 1.165) is 88.5 Å². The Morgan fingerprint density at radius 1 is 0.468 bits per heavy atom. The fourth-order valence-electron chi connectivity index (χ4n) is 6.54. The molecule has 0 aliphatic rings. The van der Waals surface area contributed by atoms with Crippen LogP contribution in [0.2, 0.25) is 0 Å². The van der Waals surface area contributed by atoms with Crippen LogP contribution in [-0.4, -0.2) is 9.97 Å². The first kappa shape index (κ1) is 26.8. The Hall–Kier alpha value is -6.57. The van der Waals surface area contributed by atoms with Crippen molar-refractivity contribution in [2.24, 2.45) is 0 Å². The number of nitrogens with zero attached hydrogens (tertiary/aromatic N) is 3. The van der Waals surface area contributed by atoms with E-state index < -0.39 is 0 Å². The molecule has 4 nitrogen and oxygen atoms in total. The zero-order chi connectivity index (χ0) is 31.3. The lowest BCUT2D eigenvalue weighted by Gasteiger charge is -2.09. The minimum absolute atomic E-state index is 0.652. The first-order valence-corrected chi connectivity index (χ1v) is 15.5. The van der Waals surface area contributed by atoms with Crippen LogP contribution < -0.4 is 0 Å². The molecule has 218 valence electrons. The molecular formula is C43H25N3O. The normalized spacial score (nSPS) is 11.4. The number of hydrogen-bond acceptors (Lipinski definition) is 4. The molecule has 0 aliphatic heterocycles. The lowest BCUT2D eigenvalue weighted by Crippen LogP contribution is -1.91. The van der Waals surface area contributed by atoms with Crippen molar-refractivity contribution >= 4 is 43.7 Å². The van der Waals surface area contributed by atoms with E-state index in [9.17, 15) is 5.26 Å². The highest BCUT2D eigenvalue weighted by atomic mass is 16.3. The van der Waals surface area contributed by atoms with Crippen molar-refractivity contribution in [3.63, 3.8) is 0 Å². The molecule has 0 bridgehead atoms. The van der Waals surface area contributed by atoms with Crippen LogP contribution >= 0.6 is 0 Å². The molecule has 9 rings (SSSR count). The average molecular weight is 600 g/mol. The maximum Gasteiger partial charge on any atom is 0.136 e. The second-order valence-corrected chi connectivity index (χ2v) is 11.7. The van der Waals surface area contributed by atoms with Crippen molar-refractivity contribution in [1.82, 2.24) is 9.97 Å². The molecule has 47 heavy (non-hydrogen) atoms. The Bertz CT molecular complexity index is 2680. The fraction of sp³-hybridized carbons (Fsp3) is 0. The molecule has 3 aromatic heterocycles. The summed E-state index contributed by atoms with van der Waals surface area (Å²) in [7, 11) is 0. The van der Waals surface area contributed by atoms with E-state index in [1.165, 1.54) is 0 Å². The SMILES string of the molecule is N#Cc1cccc(-c2ccc(-c3cccc4oc5ccc(-c6ccc7ccc8ccc(-c9ccccc9)nc8c7n6)cc5c34)cc2)c1. The minimum Gasteiger partial charge on any atom is -0.456 e. The number of rotatable bonds is 4. The van der Waals surface area contributed by atoms with Gasteiger partial charge in [0.2, 0.25) is 0 Å². The number of aromatic nitrogens is 2. The minimum atomic E-state index is 0.652. The number of benzene rings is 6. The quantitative estimate of drug-likeness (QED) is 0.189. The van der Waals surface area contributed by atoms with E-state index in [4.69, 9.17) is 14.4 Å². The summed E-state index contributed by atoms with van der Waals surface area (Å²) in [4.78, 5) is 10.3. The van der Waals surface area contributed by atoms with Gasteiger partial charge in [0, 0.05) is 32.7 Å². The van der Waals surface area contributed by atoms with Crippen LogP contribution in [0.15, 0.2) is 156 Å². The molecule has 9 aromatic rings. The lowest BCUT2D eigenvalue weighted by molar-refractivity contribution is 0.669. The summed E-state index contributed by atoms with van der Waals surface area (Å²) in [6.07, 6.45) is 0. The molecule has 0 spiro atoms.